The highest BCUT2D eigenvalue weighted by Gasteiger charge is 2.21. The maximum Gasteiger partial charge on any atom is 0.340 e. The van der Waals surface area contributed by atoms with Gasteiger partial charge in [-0.25, -0.2) is 9.59 Å². The number of nitriles is 1. The topological polar surface area (TPSA) is 129 Å². The molecule has 8 heteroatoms. The van der Waals surface area contributed by atoms with Gasteiger partial charge in [0.15, 0.2) is 0 Å². The van der Waals surface area contributed by atoms with Gasteiger partial charge in [0.1, 0.15) is 17.7 Å². The highest BCUT2D eigenvalue weighted by molar-refractivity contribution is 6.09. The average molecular weight is 359 g/mol. The van der Waals surface area contributed by atoms with Crippen molar-refractivity contribution in [3.8, 4) is 6.07 Å². The molecule has 0 saturated heterocycles. The number of carbonyl (C=O) groups is 3. The molecule has 0 saturated carbocycles. The van der Waals surface area contributed by atoms with Crippen LogP contribution in [0.2, 0.25) is 0 Å². The molecule has 1 aromatic rings. The van der Waals surface area contributed by atoms with Gasteiger partial charge in [-0.3, -0.25) is 4.79 Å². The summed E-state index contributed by atoms with van der Waals surface area (Å²) in [5.41, 5.74) is 0.0184. The number of carboxylic acid groups (broad SMARTS) is 1. The minimum atomic E-state index is -1.10. The molecule has 3 N–H and O–H groups in total. The number of rotatable bonds is 8. The lowest BCUT2D eigenvalue weighted by Gasteiger charge is -2.16. The molecule has 0 fully saturated rings. The Hall–Kier alpha value is -3.34. The number of esters is 1. The quantitative estimate of drug-likeness (QED) is 0.367. The monoisotopic (exact) mass is 359 g/mol. The lowest BCUT2D eigenvalue weighted by molar-refractivity contribution is -0.140. The van der Waals surface area contributed by atoms with Crippen molar-refractivity contribution in [1.29, 1.82) is 5.26 Å². The molecule has 1 rings (SSSR count). The Kier molecular flexibility index (Phi) is 7.83. The van der Waals surface area contributed by atoms with Crippen LogP contribution in [0.25, 0.3) is 0 Å². The van der Waals surface area contributed by atoms with E-state index >= 15 is 0 Å². The molecule has 1 aromatic carbocycles. The number of carbonyl (C=O) groups excluding carboxylic acids is 2. The Balaban J connectivity index is 2.98. The standard InChI is InChI=1S/C18H21N3O5/c1-4-26-18(25)13-7-5-6-8-14(13)21-16(22)12(9-19)10-20-15(11(2)3)17(23)24/h5-8,10-11,15,20H,4H2,1-3H3,(H,21,22)(H,23,24)/b12-10-. The van der Waals surface area contributed by atoms with Gasteiger partial charge in [0, 0.05) is 6.20 Å². The van der Waals surface area contributed by atoms with Gasteiger partial charge in [0.05, 0.1) is 17.9 Å². The molecule has 138 valence electrons. The van der Waals surface area contributed by atoms with Gasteiger partial charge < -0.3 is 20.5 Å². The lowest BCUT2D eigenvalue weighted by atomic mass is 10.1. The van der Waals surface area contributed by atoms with E-state index in [2.05, 4.69) is 10.6 Å². The summed E-state index contributed by atoms with van der Waals surface area (Å²) < 4.78 is 4.92. The summed E-state index contributed by atoms with van der Waals surface area (Å²) in [5.74, 6) is -2.72. The van der Waals surface area contributed by atoms with Crippen LogP contribution in [-0.4, -0.2) is 35.6 Å². The molecule has 0 heterocycles. The van der Waals surface area contributed by atoms with Crippen molar-refractivity contribution in [3.05, 3.63) is 41.6 Å². The Labute approximate surface area is 151 Å². The van der Waals surface area contributed by atoms with Crippen LogP contribution in [0.15, 0.2) is 36.0 Å². The van der Waals surface area contributed by atoms with E-state index in [0.717, 1.165) is 6.20 Å². The summed E-state index contributed by atoms with van der Waals surface area (Å²) in [6.45, 7) is 5.23. The zero-order chi connectivity index (χ0) is 19.7. The number of carboxylic acids is 1. The smallest absolute Gasteiger partial charge is 0.340 e. The van der Waals surface area contributed by atoms with E-state index in [0.29, 0.717) is 0 Å². The second kappa shape index (κ2) is 9.84. The first-order chi connectivity index (χ1) is 12.3. The normalized spacial score (nSPS) is 12.0. The zero-order valence-electron chi connectivity index (χ0n) is 14.8. The number of hydrogen-bond donors (Lipinski definition) is 3. The minimum Gasteiger partial charge on any atom is -0.480 e. The van der Waals surface area contributed by atoms with Crippen LogP contribution >= 0.6 is 0 Å². The van der Waals surface area contributed by atoms with Crippen molar-refractivity contribution in [2.24, 2.45) is 5.92 Å². The third-order valence-electron chi connectivity index (χ3n) is 3.38. The average Bonchev–Trinajstić information content (AvgIpc) is 2.58. The van der Waals surface area contributed by atoms with E-state index < -0.39 is 23.9 Å². The second-order valence-electron chi connectivity index (χ2n) is 5.62. The molecule has 1 amide bonds. The van der Waals surface area contributed by atoms with E-state index in [1.54, 1.807) is 39.0 Å². The number of nitrogens with one attached hydrogen (secondary N) is 2. The van der Waals surface area contributed by atoms with Crippen LogP contribution in [0.4, 0.5) is 5.69 Å². The number of anilines is 1. The molecule has 1 unspecified atom stereocenters. The second-order valence-corrected chi connectivity index (χ2v) is 5.62. The van der Waals surface area contributed by atoms with Crippen LogP contribution in [0, 0.1) is 17.2 Å². The van der Waals surface area contributed by atoms with Gasteiger partial charge in [0.25, 0.3) is 5.91 Å². The van der Waals surface area contributed by atoms with Crippen LogP contribution < -0.4 is 10.6 Å². The zero-order valence-corrected chi connectivity index (χ0v) is 14.8. The van der Waals surface area contributed by atoms with Gasteiger partial charge in [0.2, 0.25) is 0 Å². The maximum absolute atomic E-state index is 12.3. The summed E-state index contributed by atoms with van der Waals surface area (Å²) in [6.07, 6.45) is 1.06. The third kappa shape index (κ3) is 5.63. The Morgan fingerprint density at radius 2 is 1.96 bits per heavy atom. The number of amides is 1. The van der Waals surface area contributed by atoms with Crippen LogP contribution in [-0.2, 0) is 14.3 Å². The predicted octanol–water partition coefficient (Wildman–Crippen LogP) is 1.91. The van der Waals surface area contributed by atoms with Crippen molar-refractivity contribution >= 4 is 23.5 Å². The Bertz CT molecular complexity index is 749. The SMILES string of the molecule is CCOC(=O)c1ccccc1NC(=O)/C(C#N)=C\NC(C(=O)O)C(C)C. The summed E-state index contributed by atoms with van der Waals surface area (Å²) in [6, 6.07) is 6.98. The Morgan fingerprint density at radius 1 is 1.31 bits per heavy atom. The number of ether oxygens (including phenoxy) is 1. The first-order valence-electron chi connectivity index (χ1n) is 7.98. The number of aliphatic carboxylic acids is 1. The molecule has 8 nitrogen and oxygen atoms in total. The molecule has 0 aliphatic carbocycles. The number of benzene rings is 1. The van der Waals surface area contributed by atoms with Crippen LogP contribution in [0.3, 0.4) is 0 Å². The largest absolute Gasteiger partial charge is 0.480 e. The third-order valence-corrected chi connectivity index (χ3v) is 3.38. The number of nitrogens with zero attached hydrogens (tertiary/aromatic N) is 1. The van der Waals surface area contributed by atoms with E-state index in [4.69, 9.17) is 15.1 Å². The fourth-order valence-electron chi connectivity index (χ4n) is 2.04. The minimum absolute atomic E-state index is 0.151. The number of hydrogen-bond acceptors (Lipinski definition) is 6. The van der Waals surface area contributed by atoms with Gasteiger partial charge in [-0.2, -0.15) is 5.26 Å². The highest BCUT2D eigenvalue weighted by Crippen LogP contribution is 2.17. The number of para-hydroxylation sites is 1. The molecule has 0 aromatic heterocycles. The van der Waals surface area contributed by atoms with Gasteiger partial charge in [-0.05, 0) is 25.0 Å². The summed E-state index contributed by atoms with van der Waals surface area (Å²) in [5, 5.41) is 23.3. The fourth-order valence-corrected chi connectivity index (χ4v) is 2.04. The first kappa shape index (κ1) is 20.7. The molecule has 0 aliphatic rings. The molecule has 0 spiro atoms. The molecule has 0 radical (unpaired) electrons. The lowest BCUT2D eigenvalue weighted by Crippen LogP contribution is -2.38. The van der Waals surface area contributed by atoms with Gasteiger partial charge in [-0.1, -0.05) is 26.0 Å². The van der Waals surface area contributed by atoms with Crippen LogP contribution in [0.1, 0.15) is 31.1 Å². The highest BCUT2D eigenvalue weighted by atomic mass is 16.5. The Morgan fingerprint density at radius 3 is 2.50 bits per heavy atom. The summed E-state index contributed by atoms with van der Waals surface area (Å²) >= 11 is 0. The fraction of sp³-hybridized carbons (Fsp3) is 0.333. The van der Waals surface area contributed by atoms with Gasteiger partial charge >= 0.3 is 11.9 Å². The van der Waals surface area contributed by atoms with Crippen molar-refractivity contribution in [2.75, 3.05) is 11.9 Å². The van der Waals surface area contributed by atoms with E-state index in [-0.39, 0.29) is 29.3 Å². The molecule has 1 atom stereocenters. The van der Waals surface area contributed by atoms with Gasteiger partial charge in [-0.15, -0.1) is 0 Å². The van der Waals surface area contributed by atoms with E-state index in [1.165, 1.54) is 12.1 Å². The summed E-state index contributed by atoms with van der Waals surface area (Å²) in [4.78, 5) is 35.4. The van der Waals surface area contributed by atoms with Crippen molar-refractivity contribution < 1.29 is 24.2 Å². The maximum atomic E-state index is 12.3. The molecule has 0 aliphatic heterocycles. The van der Waals surface area contributed by atoms with Crippen molar-refractivity contribution in [2.45, 2.75) is 26.8 Å². The summed E-state index contributed by atoms with van der Waals surface area (Å²) in [7, 11) is 0. The van der Waals surface area contributed by atoms with Crippen LogP contribution in [0.5, 0.6) is 0 Å². The molecular weight excluding hydrogens is 338 g/mol. The predicted molar refractivity (Wildman–Crippen MR) is 94.1 cm³/mol. The molecule has 26 heavy (non-hydrogen) atoms. The van der Waals surface area contributed by atoms with Crippen molar-refractivity contribution in [1.82, 2.24) is 5.32 Å². The molecular formula is C18H21N3O5. The van der Waals surface area contributed by atoms with E-state index in [1.807, 2.05) is 0 Å². The van der Waals surface area contributed by atoms with E-state index in [9.17, 15) is 14.4 Å². The van der Waals surface area contributed by atoms with Crippen molar-refractivity contribution in [3.63, 3.8) is 0 Å². The molecule has 0 bridgehead atoms. The first-order valence-corrected chi connectivity index (χ1v) is 7.98.